The molecule has 1 aliphatic heterocycles. The third-order valence-corrected chi connectivity index (χ3v) is 3.94. The molecule has 0 radical (unpaired) electrons. The summed E-state index contributed by atoms with van der Waals surface area (Å²) in [6.07, 6.45) is 6.04. The summed E-state index contributed by atoms with van der Waals surface area (Å²) in [6, 6.07) is 5.21. The summed E-state index contributed by atoms with van der Waals surface area (Å²) >= 11 is 0. The lowest BCUT2D eigenvalue weighted by atomic mass is 10.1. The maximum absolute atomic E-state index is 12.2. The quantitative estimate of drug-likeness (QED) is 0.900. The normalized spacial score (nSPS) is 21.8. The van der Waals surface area contributed by atoms with Crippen LogP contribution >= 0.6 is 0 Å². The van der Waals surface area contributed by atoms with Crippen LogP contribution in [0.3, 0.4) is 0 Å². The Morgan fingerprint density at radius 3 is 3.04 bits per heavy atom. The van der Waals surface area contributed by atoms with Crippen LogP contribution in [-0.4, -0.2) is 33.4 Å². The number of nitrogens with zero attached hydrogens (tertiary/aromatic N) is 3. The van der Waals surface area contributed by atoms with Gasteiger partial charge in [0.25, 0.3) is 0 Å². The summed E-state index contributed by atoms with van der Waals surface area (Å²) in [7, 11) is 1.86. The van der Waals surface area contributed by atoms with Crippen LogP contribution in [0.4, 0.5) is 4.79 Å². The van der Waals surface area contributed by atoms with E-state index in [4.69, 9.17) is 4.74 Å². The van der Waals surface area contributed by atoms with E-state index in [0.29, 0.717) is 6.61 Å². The predicted octanol–water partition coefficient (Wildman–Crippen LogP) is 1.71. The molecule has 3 atom stereocenters. The molecule has 0 aliphatic carbocycles. The molecule has 2 aromatic rings. The molecule has 2 aromatic heterocycles. The fourth-order valence-electron chi connectivity index (χ4n) is 2.77. The van der Waals surface area contributed by atoms with Crippen molar-refractivity contribution in [2.24, 2.45) is 7.05 Å². The Bertz CT molecular complexity index is 658. The molecule has 0 aromatic carbocycles. The number of aromatic nitrogens is 3. The number of nitrogens with one attached hydrogen (secondary N) is 2. The first-order chi connectivity index (χ1) is 11.1. The molecule has 1 saturated heterocycles. The Morgan fingerprint density at radius 2 is 2.35 bits per heavy atom. The van der Waals surface area contributed by atoms with E-state index in [1.165, 1.54) is 0 Å². The van der Waals surface area contributed by atoms with Gasteiger partial charge in [0.05, 0.1) is 24.0 Å². The Labute approximate surface area is 135 Å². The van der Waals surface area contributed by atoms with Gasteiger partial charge in [0.1, 0.15) is 6.10 Å². The van der Waals surface area contributed by atoms with E-state index in [1.807, 2.05) is 38.4 Å². The SMILES string of the molecule is C[C@@H](NC(=O)N[C@H]1CCO[C@@H]1c1cnn(C)c1)c1ccccn1. The third kappa shape index (κ3) is 3.68. The van der Waals surface area contributed by atoms with E-state index in [0.717, 1.165) is 17.7 Å². The molecule has 1 aliphatic rings. The predicted molar refractivity (Wildman–Crippen MR) is 84.6 cm³/mol. The van der Waals surface area contributed by atoms with Crippen molar-refractivity contribution in [1.82, 2.24) is 25.4 Å². The second-order valence-electron chi connectivity index (χ2n) is 5.73. The molecule has 2 amide bonds. The molecular formula is C16H21N5O2. The number of carbonyl (C=O) groups excluding carboxylic acids is 1. The average Bonchev–Trinajstić information content (AvgIpc) is 3.16. The Balaban J connectivity index is 1.59. The van der Waals surface area contributed by atoms with Crippen molar-refractivity contribution in [3.8, 4) is 0 Å². The largest absolute Gasteiger partial charge is 0.371 e. The summed E-state index contributed by atoms with van der Waals surface area (Å²) in [4.78, 5) is 16.5. The van der Waals surface area contributed by atoms with Crippen LogP contribution in [0.15, 0.2) is 36.8 Å². The van der Waals surface area contributed by atoms with Crippen molar-refractivity contribution in [3.05, 3.63) is 48.0 Å². The zero-order valence-electron chi connectivity index (χ0n) is 13.3. The van der Waals surface area contributed by atoms with E-state index in [-0.39, 0.29) is 24.2 Å². The molecule has 0 spiro atoms. The topological polar surface area (TPSA) is 81.1 Å². The highest BCUT2D eigenvalue weighted by Gasteiger charge is 2.32. The Hall–Kier alpha value is -2.41. The smallest absolute Gasteiger partial charge is 0.315 e. The zero-order chi connectivity index (χ0) is 16.2. The van der Waals surface area contributed by atoms with Crippen molar-refractivity contribution >= 4 is 6.03 Å². The molecule has 1 fully saturated rings. The monoisotopic (exact) mass is 315 g/mol. The van der Waals surface area contributed by atoms with Crippen LogP contribution in [0.5, 0.6) is 0 Å². The molecule has 0 saturated carbocycles. The van der Waals surface area contributed by atoms with E-state index < -0.39 is 0 Å². The van der Waals surface area contributed by atoms with Crippen LogP contribution in [0.25, 0.3) is 0 Å². The lowest BCUT2D eigenvalue weighted by Crippen LogP contribution is -2.44. The average molecular weight is 315 g/mol. The van der Waals surface area contributed by atoms with Gasteiger partial charge < -0.3 is 15.4 Å². The number of ether oxygens (including phenoxy) is 1. The summed E-state index contributed by atoms with van der Waals surface area (Å²) in [5.74, 6) is 0. The summed E-state index contributed by atoms with van der Waals surface area (Å²) < 4.78 is 7.48. The van der Waals surface area contributed by atoms with Gasteiger partial charge in [0, 0.05) is 31.6 Å². The second-order valence-corrected chi connectivity index (χ2v) is 5.73. The zero-order valence-corrected chi connectivity index (χ0v) is 13.3. The number of hydrogen-bond donors (Lipinski definition) is 2. The van der Waals surface area contributed by atoms with Gasteiger partial charge in [-0.25, -0.2) is 4.79 Å². The van der Waals surface area contributed by atoms with Gasteiger partial charge in [0.15, 0.2) is 0 Å². The summed E-state index contributed by atoms with van der Waals surface area (Å²) in [5.41, 5.74) is 1.81. The molecule has 0 unspecified atom stereocenters. The van der Waals surface area contributed by atoms with Gasteiger partial charge in [-0.05, 0) is 25.5 Å². The van der Waals surface area contributed by atoms with Crippen LogP contribution in [0.2, 0.25) is 0 Å². The number of pyridine rings is 1. The Morgan fingerprint density at radius 1 is 1.48 bits per heavy atom. The number of hydrogen-bond acceptors (Lipinski definition) is 4. The summed E-state index contributed by atoms with van der Waals surface area (Å²) in [6.45, 7) is 2.53. The van der Waals surface area contributed by atoms with Crippen LogP contribution in [0, 0.1) is 0 Å². The van der Waals surface area contributed by atoms with Gasteiger partial charge in [-0.2, -0.15) is 5.10 Å². The minimum absolute atomic E-state index is 0.0601. The van der Waals surface area contributed by atoms with Gasteiger partial charge in [-0.15, -0.1) is 0 Å². The number of carbonyl (C=O) groups is 1. The number of aryl methyl sites for hydroxylation is 1. The molecule has 7 nitrogen and oxygen atoms in total. The first kappa shape index (κ1) is 15.5. The maximum atomic E-state index is 12.2. The van der Waals surface area contributed by atoms with E-state index in [9.17, 15) is 4.79 Å². The fourth-order valence-corrected chi connectivity index (χ4v) is 2.77. The molecule has 3 heterocycles. The third-order valence-electron chi connectivity index (χ3n) is 3.94. The molecule has 23 heavy (non-hydrogen) atoms. The molecular weight excluding hydrogens is 294 g/mol. The minimum Gasteiger partial charge on any atom is -0.371 e. The van der Waals surface area contributed by atoms with Crippen molar-refractivity contribution < 1.29 is 9.53 Å². The number of urea groups is 1. The van der Waals surface area contributed by atoms with Crippen molar-refractivity contribution in [3.63, 3.8) is 0 Å². The van der Waals surface area contributed by atoms with Crippen molar-refractivity contribution in [2.75, 3.05) is 6.61 Å². The first-order valence-corrected chi connectivity index (χ1v) is 7.71. The molecule has 3 rings (SSSR count). The Kier molecular flexibility index (Phi) is 4.57. The highest BCUT2D eigenvalue weighted by atomic mass is 16.5. The van der Waals surface area contributed by atoms with Crippen LogP contribution < -0.4 is 10.6 Å². The van der Waals surface area contributed by atoms with Crippen LogP contribution in [-0.2, 0) is 11.8 Å². The molecule has 0 bridgehead atoms. The second kappa shape index (κ2) is 6.78. The highest BCUT2D eigenvalue weighted by Crippen LogP contribution is 2.28. The minimum atomic E-state index is -0.215. The van der Waals surface area contributed by atoms with Crippen molar-refractivity contribution in [2.45, 2.75) is 31.5 Å². The van der Waals surface area contributed by atoms with E-state index >= 15 is 0 Å². The first-order valence-electron chi connectivity index (χ1n) is 7.71. The number of rotatable bonds is 4. The number of amides is 2. The van der Waals surface area contributed by atoms with Gasteiger partial charge in [-0.1, -0.05) is 6.07 Å². The van der Waals surface area contributed by atoms with E-state index in [2.05, 4.69) is 20.7 Å². The van der Waals surface area contributed by atoms with E-state index in [1.54, 1.807) is 17.1 Å². The lowest BCUT2D eigenvalue weighted by molar-refractivity contribution is 0.0998. The fraction of sp³-hybridized carbons (Fsp3) is 0.438. The summed E-state index contributed by atoms with van der Waals surface area (Å²) in [5, 5.41) is 10.1. The van der Waals surface area contributed by atoms with Gasteiger partial charge in [-0.3, -0.25) is 9.67 Å². The molecule has 7 heteroatoms. The van der Waals surface area contributed by atoms with Gasteiger partial charge >= 0.3 is 6.03 Å². The standard InChI is InChI=1S/C16H21N5O2/c1-11(13-5-3-4-7-17-13)19-16(22)20-14-6-8-23-15(14)12-9-18-21(2)10-12/h3-5,7,9-11,14-15H,6,8H2,1-2H3,(H2,19,20,22)/t11-,14+,15-/m1/s1. The van der Waals surface area contributed by atoms with Crippen molar-refractivity contribution in [1.29, 1.82) is 0 Å². The molecule has 122 valence electrons. The van der Waals surface area contributed by atoms with Crippen LogP contribution in [0.1, 0.15) is 36.7 Å². The molecule has 2 N–H and O–H groups in total. The lowest BCUT2D eigenvalue weighted by Gasteiger charge is -2.21. The highest BCUT2D eigenvalue weighted by molar-refractivity contribution is 5.74. The van der Waals surface area contributed by atoms with Gasteiger partial charge in [0.2, 0.25) is 0 Å². The maximum Gasteiger partial charge on any atom is 0.315 e.